The van der Waals surface area contributed by atoms with Crippen LogP contribution in [-0.2, 0) is 9.05 Å². The van der Waals surface area contributed by atoms with Crippen LogP contribution in [0.25, 0.3) is 0 Å². The molecule has 0 spiro atoms. The Morgan fingerprint density at radius 2 is 1.68 bits per heavy atom. The predicted octanol–water partition coefficient (Wildman–Crippen LogP) is 4.19. The van der Waals surface area contributed by atoms with Gasteiger partial charge in [-0.3, -0.25) is 0 Å². The molecule has 0 radical (unpaired) electrons. The van der Waals surface area contributed by atoms with Gasteiger partial charge in [-0.2, -0.15) is 0 Å². The molecule has 19 heavy (non-hydrogen) atoms. The number of hydrogen-bond acceptors (Lipinski definition) is 3. The number of hydrogen-bond donors (Lipinski definition) is 0. The second-order valence-electron chi connectivity index (χ2n) is 4.73. The van der Waals surface area contributed by atoms with Crippen molar-refractivity contribution in [3.8, 4) is 5.75 Å². The Morgan fingerprint density at radius 3 is 2.16 bits per heavy atom. The van der Waals surface area contributed by atoms with Gasteiger partial charge in [-0.1, -0.05) is 26.2 Å². The van der Waals surface area contributed by atoms with E-state index in [0.29, 0.717) is 23.5 Å². The summed E-state index contributed by atoms with van der Waals surface area (Å²) in [6.07, 6.45) is 4.58. The molecule has 0 aromatic heterocycles. The van der Waals surface area contributed by atoms with Gasteiger partial charge in [0.15, 0.2) is 0 Å². The summed E-state index contributed by atoms with van der Waals surface area (Å²) < 4.78 is 28.5. The van der Waals surface area contributed by atoms with Gasteiger partial charge in [0, 0.05) is 10.7 Å². The summed E-state index contributed by atoms with van der Waals surface area (Å²) in [7, 11) is 1.72. The number of rotatable bonds is 7. The molecular formula is C14H21ClO3S. The van der Waals surface area contributed by atoms with Gasteiger partial charge in [0.25, 0.3) is 9.05 Å². The van der Waals surface area contributed by atoms with Crippen LogP contribution in [0.2, 0.25) is 0 Å². The quantitative estimate of drug-likeness (QED) is 0.560. The van der Waals surface area contributed by atoms with Crippen molar-refractivity contribution in [2.45, 2.75) is 51.3 Å². The van der Waals surface area contributed by atoms with Crippen LogP contribution in [-0.4, -0.2) is 15.0 Å². The molecule has 0 aliphatic rings. The van der Waals surface area contributed by atoms with Crippen LogP contribution in [0.1, 0.15) is 43.7 Å². The molecule has 0 heterocycles. The van der Waals surface area contributed by atoms with E-state index in [1.807, 2.05) is 0 Å². The van der Waals surface area contributed by atoms with Crippen LogP contribution in [0.3, 0.4) is 0 Å². The van der Waals surface area contributed by atoms with Crippen molar-refractivity contribution >= 4 is 19.7 Å². The molecule has 0 saturated heterocycles. The van der Waals surface area contributed by atoms with Gasteiger partial charge in [0.05, 0.1) is 11.5 Å². The standard InChI is InChI=1S/C14H21ClO3S/c1-4-5-6-7-8-18-13-9-11(2)14(12(3)10-13)19(15,16)17/h9-10H,4-8H2,1-3H3. The third kappa shape index (κ3) is 5.03. The highest BCUT2D eigenvalue weighted by atomic mass is 35.7. The van der Waals surface area contributed by atoms with Crippen LogP contribution in [0.4, 0.5) is 0 Å². The van der Waals surface area contributed by atoms with Gasteiger partial charge in [-0.05, 0) is 43.5 Å². The number of aryl methyl sites for hydroxylation is 2. The van der Waals surface area contributed by atoms with E-state index in [4.69, 9.17) is 15.4 Å². The van der Waals surface area contributed by atoms with Crippen molar-refractivity contribution in [2.24, 2.45) is 0 Å². The molecule has 0 N–H and O–H groups in total. The molecule has 0 atom stereocenters. The Hall–Kier alpha value is -0.740. The first-order chi connectivity index (χ1) is 8.86. The summed E-state index contributed by atoms with van der Waals surface area (Å²) in [5, 5.41) is 0. The lowest BCUT2D eigenvalue weighted by atomic mass is 10.1. The first-order valence-electron chi connectivity index (χ1n) is 6.55. The topological polar surface area (TPSA) is 43.4 Å². The molecule has 1 rings (SSSR count). The number of halogens is 1. The fraction of sp³-hybridized carbons (Fsp3) is 0.571. The summed E-state index contributed by atoms with van der Waals surface area (Å²) in [4.78, 5) is 0.187. The van der Waals surface area contributed by atoms with E-state index >= 15 is 0 Å². The largest absolute Gasteiger partial charge is 0.494 e. The lowest BCUT2D eigenvalue weighted by Gasteiger charge is -2.11. The van der Waals surface area contributed by atoms with E-state index in [-0.39, 0.29) is 4.90 Å². The molecule has 1 aromatic rings. The smallest absolute Gasteiger partial charge is 0.261 e. The van der Waals surface area contributed by atoms with Gasteiger partial charge >= 0.3 is 0 Å². The summed E-state index contributed by atoms with van der Waals surface area (Å²) in [5.41, 5.74) is 1.25. The Bertz CT molecular complexity index is 500. The molecule has 108 valence electrons. The second kappa shape index (κ2) is 7.15. The fourth-order valence-corrected chi connectivity index (χ4v) is 3.71. The summed E-state index contributed by atoms with van der Waals surface area (Å²) in [5.74, 6) is 0.704. The monoisotopic (exact) mass is 304 g/mol. The Kier molecular flexibility index (Phi) is 6.14. The average molecular weight is 305 g/mol. The highest BCUT2D eigenvalue weighted by Gasteiger charge is 2.17. The highest BCUT2D eigenvalue weighted by molar-refractivity contribution is 8.13. The van der Waals surface area contributed by atoms with Crippen LogP contribution >= 0.6 is 10.7 Å². The third-order valence-corrected chi connectivity index (χ3v) is 4.54. The lowest BCUT2D eigenvalue weighted by molar-refractivity contribution is 0.304. The normalized spacial score (nSPS) is 11.6. The SMILES string of the molecule is CCCCCCOc1cc(C)c(S(=O)(=O)Cl)c(C)c1. The molecule has 0 fully saturated rings. The summed E-state index contributed by atoms with van der Waals surface area (Å²) >= 11 is 0. The van der Waals surface area contributed by atoms with E-state index in [9.17, 15) is 8.42 Å². The van der Waals surface area contributed by atoms with E-state index in [0.717, 1.165) is 12.8 Å². The van der Waals surface area contributed by atoms with E-state index in [1.54, 1.807) is 26.0 Å². The first-order valence-corrected chi connectivity index (χ1v) is 8.86. The van der Waals surface area contributed by atoms with Crippen molar-refractivity contribution in [1.29, 1.82) is 0 Å². The summed E-state index contributed by atoms with van der Waals surface area (Å²) in [6.45, 7) is 6.28. The van der Waals surface area contributed by atoms with E-state index in [2.05, 4.69) is 6.92 Å². The molecule has 1 aromatic carbocycles. The maximum Gasteiger partial charge on any atom is 0.261 e. The molecular weight excluding hydrogens is 284 g/mol. The van der Waals surface area contributed by atoms with Gasteiger partial charge < -0.3 is 4.74 Å². The van der Waals surface area contributed by atoms with Gasteiger partial charge in [-0.15, -0.1) is 0 Å². The van der Waals surface area contributed by atoms with Crippen LogP contribution < -0.4 is 4.74 Å². The minimum Gasteiger partial charge on any atom is -0.494 e. The molecule has 0 amide bonds. The molecule has 0 bridgehead atoms. The Morgan fingerprint density at radius 1 is 1.11 bits per heavy atom. The Balaban J connectivity index is 2.74. The zero-order chi connectivity index (χ0) is 14.5. The maximum atomic E-state index is 11.4. The fourth-order valence-electron chi connectivity index (χ4n) is 2.10. The van der Waals surface area contributed by atoms with Crippen molar-refractivity contribution in [3.63, 3.8) is 0 Å². The van der Waals surface area contributed by atoms with Crippen molar-refractivity contribution < 1.29 is 13.2 Å². The third-order valence-electron chi connectivity index (χ3n) is 2.94. The predicted molar refractivity (Wildman–Crippen MR) is 78.6 cm³/mol. The minimum absolute atomic E-state index is 0.187. The first kappa shape index (κ1) is 16.3. The minimum atomic E-state index is -3.70. The number of ether oxygens (including phenoxy) is 1. The highest BCUT2D eigenvalue weighted by Crippen LogP contribution is 2.28. The van der Waals surface area contributed by atoms with Crippen LogP contribution in [0.5, 0.6) is 5.75 Å². The zero-order valence-corrected chi connectivity index (χ0v) is 13.3. The number of unbranched alkanes of at least 4 members (excludes halogenated alkanes) is 3. The number of benzene rings is 1. The van der Waals surface area contributed by atoms with E-state index in [1.165, 1.54) is 12.8 Å². The molecule has 0 unspecified atom stereocenters. The molecule has 0 aliphatic heterocycles. The second-order valence-corrected chi connectivity index (χ2v) is 7.24. The average Bonchev–Trinajstić information content (AvgIpc) is 2.25. The zero-order valence-electron chi connectivity index (χ0n) is 11.7. The van der Waals surface area contributed by atoms with Gasteiger partial charge in [0.1, 0.15) is 5.75 Å². The van der Waals surface area contributed by atoms with Gasteiger partial charge in [0.2, 0.25) is 0 Å². The van der Waals surface area contributed by atoms with Crippen molar-refractivity contribution in [1.82, 2.24) is 0 Å². The lowest BCUT2D eigenvalue weighted by Crippen LogP contribution is -2.02. The van der Waals surface area contributed by atoms with Gasteiger partial charge in [-0.25, -0.2) is 8.42 Å². The summed E-state index contributed by atoms with van der Waals surface area (Å²) in [6, 6.07) is 3.45. The van der Waals surface area contributed by atoms with Crippen LogP contribution in [0.15, 0.2) is 17.0 Å². The maximum absolute atomic E-state index is 11.4. The molecule has 5 heteroatoms. The molecule has 0 saturated carbocycles. The van der Waals surface area contributed by atoms with Crippen molar-refractivity contribution in [3.05, 3.63) is 23.3 Å². The van der Waals surface area contributed by atoms with Crippen LogP contribution in [0, 0.1) is 13.8 Å². The van der Waals surface area contributed by atoms with E-state index < -0.39 is 9.05 Å². The van der Waals surface area contributed by atoms with Crippen molar-refractivity contribution in [2.75, 3.05) is 6.61 Å². The Labute approximate surface area is 120 Å². The molecule has 3 nitrogen and oxygen atoms in total. The molecule has 0 aliphatic carbocycles.